The Morgan fingerprint density at radius 1 is 1.19 bits per heavy atom. The van der Waals surface area contributed by atoms with E-state index in [0.717, 1.165) is 31.6 Å². The first-order valence-electron chi connectivity index (χ1n) is 7.05. The first-order chi connectivity index (χ1) is 7.53. The Morgan fingerprint density at radius 3 is 2.12 bits per heavy atom. The van der Waals surface area contributed by atoms with E-state index in [1.165, 1.54) is 19.3 Å². The van der Waals surface area contributed by atoms with E-state index in [-0.39, 0.29) is 0 Å². The highest BCUT2D eigenvalue weighted by Crippen LogP contribution is 2.36. The Balaban J connectivity index is 0.00000106. The van der Waals surface area contributed by atoms with Gasteiger partial charge in [-0.25, -0.2) is 0 Å². The summed E-state index contributed by atoms with van der Waals surface area (Å²) in [6.45, 7) is 11.0. The van der Waals surface area contributed by atoms with Crippen LogP contribution in [0, 0.1) is 11.3 Å². The topological polar surface area (TPSA) is 17.1 Å². The van der Waals surface area contributed by atoms with Crippen LogP contribution in [0.4, 0.5) is 0 Å². The fraction of sp³-hybridized carbons (Fsp3) is 0.933. The average Bonchev–Trinajstić information content (AvgIpc) is 2.24. The van der Waals surface area contributed by atoms with E-state index in [1.807, 2.05) is 13.8 Å². The highest BCUT2D eigenvalue weighted by Gasteiger charge is 2.25. The highest BCUT2D eigenvalue weighted by atomic mass is 16.1. The third-order valence-electron chi connectivity index (χ3n) is 3.43. The summed E-state index contributed by atoms with van der Waals surface area (Å²) in [4.78, 5) is 11.1. The molecule has 1 aliphatic carbocycles. The molecule has 1 aliphatic rings. The van der Waals surface area contributed by atoms with Gasteiger partial charge in [0.25, 0.3) is 0 Å². The number of hydrogen-bond acceptors (Lipinski definition) is 1. The lowest BCUT2D eigenvalue weighted by Crippen LogP contribution is -2.21. The second-order valence-corrected chi connectivity index (χ2v) is 5.60. The van der Waals surface area contributed by atoms with E-state index >= 15 is 0 Å². The average molecular weight is 226 g/mol. The zero-order chi connectivity index (χ0) is 12.6. The lowest BCUT2D eigenvalue weighted by Gasteiger charge is -2.31. The molecule has 96 valence electrons. The van der Waals surface area contributed by atoms with Crippen LogP contribution in [0.25, 0.3) is 0 Å². The summed E-state index contributed by atoms with van der Waals surface area (Å²) >= 11 is 0. The second-order valence-electron chi connectivity index (χ2n) is 5.60. The predicted molar refractivity (Wildman–Crippen MR) is 71.6 cm³/mol. The second kappa shape index (κ2) is 7.86. The summed E-state index contributed by atoms with van der Waals surface area (Å²) in [6.07, 6.45) is 7.88. The van der Waals surface area contributed by atoms with E-state index in [4.69, 9.17) is 0 Å². The number of ketones is 1. The predicted octanol–water partition coefficient (Wildman–Crippen LogP) is 4.99. The molecule has 0 unspecified atom stereocenters. The fourth-order valence-corrected chi connectivity index (χ4v) is 2.76. The molecule has 0 bridgehead atoms. The first kappa shape index (κ1) is 15.7. The smallest absolute Gasteiger partial charge is 0.132 e. The Hall–Kier alpha value is -0.330. The van der Waals surface area contributed by atoms with Crippen LogP contribution >= 0.6 is 0 Å². The molecule has 0 atom stereocenters. The molecule has 0 aromatic carbocycles. The quantitative estimate of drug-likeness (QED) is 0.660. The van der Waals surface area contributed by atoms with Crippen molar-refractivity contribution in [3.63, 3.8) is 0 Å². The summed E-state index contributed by atoms with van der Waals surface area (Å²) < 4.78 is 0. The van der Waals surface area contributed by atoms with Crippen LogP contribution in [0.15, 0.2) is 0 Å². The van der Waals surface area contributed by atoms with E-state index in [2.05, 4.69) is 20.8 Å². The van der Waals surface area contributed by atoms with E-state index in [1.54, 1.807) is 0 Å². The van der Waals surface area contributed by atoms with Gasteiger partial charge in [-0.15, -0.1) is 0 Å². The maximum atomic E-state index is 11.1. The molecular formula is C15H30O. The van der Waals surface area contributed by atoms with Gasteiger partial charge in [-0.05, 0) is 37.0 Å². The molecule has 0 radical (unpaired) electrons. The van der Waals surface area contributed by atoms with Gasteiger partial charge in [-0.3, -0.25) is 4.79 Å². The molecule has 1 heteroatoms. The van der Waals surface area contributed by atoms with Gasteiger partial charge in [0.15, 0.2) is 0 Å². The lowest BCUT2D eigenvalue weighted by atomic mass is 9.74. The summed E-state index contributed by atoms with van der Waals surface area (Å²) in [7, 11) is 0. The van der Waals surface area contributed by atoms with Crippen molar-refractivity contribution in [2.75, 3.05) is 0 Å². The molecule has 0 amide bonds. The van der Waals surface area contributed by atoms with Crippen molar-refractivity contribution in [1.82, 2.24) is 0 Å². The fourth-order valence-electron chi connectivity index (χ4n) is 2.76. The Labute approximate surface area is 102 Å². The van der Waals surface area contributed by atoms with Crippen molar-refractivity contribution in [3.8, 4) is 0 Å². The van der Waals surface area contributed by atoms with Gasteiger partial charge in [0, 0.05) is 12.8 Å². The van der Waals surface area contributed by atoms with Gasteiger partial charge in [-0.2, -0.15) is 0 Å². The molecule has 0 aliphatic heterocycles. The SMILES string of the molecule is CC.CCCC(C)(C)CC1CCC(=O)CC1. The van der Waals surface area contributed by atoms with Gasteiger partial charge >= 0.3 is 0 Å². The molecular weight excluding hydrogens is 196 g/mol. The van der Waals surface area contributed by atoms with Crippen molar-refractivity contribution in [3.05, 3.63) is 0 Å². The number of carbonyl (C=O) groups is 1. The van der Waals surface area contributed by atoms with Crippen LogP contribution in [0.5, 0.6) is 0 Å². The molecule has 1 nitrogen and oxygen atoms in total. The van der Waals surface area contributed by atoms with Crippen molar-refractivity contribution in [1.29, 1.82) is 0 Å². The van der Waals surface area contributed by atoms with Gasteiger partial charge in [0.1, 0.15) is 5.78 Å². The summed E-state index contributed by atoms with van der Waals surface area (Å²) in [5.74, 6) is 1.30. The van der Waals surface area contributed by atoms with Gasteiger partial charge < -0.3 is 0 Å². The zero-order valence-electron chi connectivity index (χ0n) is 11.9. The first-order valence-corrected chi connectivity index (χ1v) is 7.05. The molecule has 0 N–H and O–H groups in total. The Kier molecular flexibility index (Phi) is 7.70. The summed E-state index contributed by atoms with van der Waals surface area (Å²) in [5, 5.41) is 0. The molecule has 0 spiro atoms. The number of carbonyl (C=O) groups excluding carboxylic acids is 1. The van der Waals surface area contributed by atoms with Gasteiger partial charge in [0.2, 0.25) is 0 Å². The third kappa shape index (κ3) is 6.30. The molecule has 1 rings (SSSR count). The minimum atomic E-state index is 0.481. The van der Waals surface area contributed by atoms with Crippen molar-refractivity contribution in [2.45, 2.75) is 79.6 Å². The maximum Gasteiger partial charge on any atom is 0.132 e. The van der Waals surface area contributed by atoms with Crippen molar-refractivity contribution < 1.29 is 4.79 Å². The monoisotopic (exact) mass is 226 g/mol. The number of rotatable bonds is 4. The van der Waals surface area contributed by atoms with Crippen LogP contribution in [-0.4, -0.2) is 5.78 Å². The molecule has 0 aromatic rings. The van der Waals surface area contributed by atoms with Crippen molar-refractivity contribution >= 4 is 5.78 Å². The minimum absolute atomic E-state index is 0.481. The molecule has 0 saturated heterocycles. The standard InChI is InChI=1S/C13H24O.C2H6/c1-4-9-13(2,3)10-11-5-7-12(14)8-6-11;1-2/h11H,4-10H2,1-3H3;1-2H3. The van der Waals surface area contributed by atoms with Crippen LogP contribution in [0.3, 0.4) is 0 Å². The third-order valence-corrected chi connectivity index (χ3v) is 3.43. The van der Waals surface area contributed by atoms with Gasteiger partial charge in [-0.1, -0.05) is 41.0 Å². The minimum Gasteiger partial charge on any atom is -0.300 e. The molecule has 1 saturated carbocycles. The van der Waals surface area contributed by atoms with Crippen LogP contribution in [0.2, 0.25) is 0 Å². The number of hydrogen-bond donors (Lipinski definition) is 0. The highest BCUT2D eigenvalue weighted by molar-refractivity contribution is 5.78. The van der Waals surface area contributed by atoms with Crippen LogP contribution in [0.1, 0.15) is 79.6 Å². The van der Waals surface area contributed by atoms with Crippen molar-refractivity contribution in [2.24, 2.45) is 11.3 Å². The summed E-state index contributed by atoms with van der Waals surface area (Å²) in [5.41, 5.74) is 0.486. The molecule has 16 heavy (non-hydrogen) atoms. The van der Waals surface area contributed by atoms with Crippen LogP contribution < -0.4 is 0 Å². The van der Waals surface area contributed by atoms with E-state index in [0.29, 0.717) is 11.2 Å². The molecule has 0 heterocycles. The summed E-state index contributed by atoms with van der Waals surface area (Å²) in [6, 6.07) is 0. The lowest BCUT2D eigenvalue weighted by molar-refractivity contribution is -0.121. The van der Waals surface area contributed by atoms with Crippen LogP contribution in [-0.2, 0) is 4.79 Å². The number of Topliss-reactive ketones (excluding diaryl/α,β-unsaturated/α-hetero) is 1. The van der Waals surface area contributed by atoms with E-state index in [9.17, 15) is 4.79 Å². The Bertz CT molecular complexity index is 184. The zero-order valence-corrected chi connectivity index (χ0v) is 11.9. The maximum absolute atomic E-state index is 11.1. The largest absolute Gasteiger partial charge is 0.300 e. The Morgan fingerprint density at radius 2 is 1.69 bits per heavy atom. The normalized spacial score (nSPS) is 17.9. The molecule has 1 fully saturated rings. The molecule has 0 aromatic heterocycles. The van der Waals surface area contributed by atoms with E-state index < -0.39 is 0 Å². The van der Waals surface area contributed by atoms with Gasteiger partial charge in [0.05, 0.1) is 0 Å².